The molecule has 3 nitrogen and oxygen atoms in total. The number of nitrogens with one attached hydrogen (secondary N) is 1. The maximum Gasteiger partial charge on any atom is 0.155 e. The summed E-state index contributed by atoms with van der Waals surface area (Å²) >= 11 is 0. The fraction of sp³-hybridized carbons (Fsp3) is 1.00. The van der Waals surface area contributed by atoms with Crippen molar-refractivity contribution in [1.82, 2.24) is 5.32 Å². The van der Waals surface area contributed by atoms with Gasteiger partial charge < -0.3 is 5.32 Å². The lowest BCUT2D eigenvalue weighted by Crippen LogP contribution is -2.35. The Bertz CT molecular complexity index is 260. The van der Waals surface area contributed by atoms with Crippen molar-refractivity contribution in [2.45, 2.75) is 64.0 Å². The van der Waals surface area contributed by atoms with Crippen LogP contribution in [0.2, 0.25) is 0 Å². The molecule has 0 saturated heterocycles. The second-order valence-corrected chi connectivity index (χ2v) is 7.46. The van der Waals surface area contributed by atoms with Crippen molar-refractivity contribution in [3.8, 4) is 0 Å². The van der Waals surface area contributed by atoms with Gasteiger partial charge in [-0.05, 0) is 47.1 Å². The summed E-state index contributed by atoms with van der Waals surface area (Å²) in [5.41, 5.74) is 0. The molecular formula is C11H25NO2S. The van der Waals surface area contributed by atoms with E-state index in [1.165, 1.54) is 0 Å². The first-order chi connectivity index (χ1) is 6.82. The van der Waals surface area contributed by atoms with Crippen molar-refractivity contribution in [1.29, 1.82) is 0 Å². The minimum atomic E-state index is -2.94. The number of sulfone groups is 1. The van der Waals surface area contributed by atoms with Crippen LogP contribution in [0, 0.1) is 0 Å². The van der Waals surface area contributed by atoms with Crippen LogP contribution in [0.5, 0.6) is 0 Å². The third-order valence-corrected chi connectivity index (χ3v) is 5.27. The molecule has 0 fully saturated rings. The Morgan fingerprint density at radius 1 is 1.13 bits per heavy atom. The van der Waals surface area contributed by atoms with Crippen molar-refractivity contribution in [3.05, 3.63) is 0 Å². The predicted octanol–water partition coefficient (Wildman–Crippen LogP) is 1.98. The van der Waals surface area contributed by atoms with E-state index in [0.717, 1.165) is 13.0 Å². The second-order valence-electron chi connectivity index (χ2n) is 4.54. The normalized spacial score (nSPS) is 16.7. The summed E-state index contributed by atoms with van der Waals surface area (Å²) < 4.78 is 23.6. The van der Waals surface area contributed by atoms with Crippen LogP contribution in [-0.2, 0) is 9.84 Å². The minimum absolute atomic E-state index is 0.253. The standard InChI is InChI=1S/C11H25NO2S/c1-6-7-12-10(4)8-11(5)15(13,14)9(2)3/h9-12H,6-8H2,1-5H3. The molecule has 4 heteroatoms. The summed E-state index contributed by atoms with van der Waals surface area (Å²) in [6, 6.07) is 0.272. The van der Waals surface area contributed by atoms with E-state index < -0.39 is 9.84 Å². The molecule has 1 N–H and O–H groups in total. The van der Waals surface area contributed by atoms with Crippen LogP contribution in [0.1, 0.15) is 47.5 Å². The molecule has 0 aromatic carbocycles. The summed E-state index contributed by atoms with van der Waals surface area (Å²) in [4.78, 5) is 0. The summed E-state index contributed by atoms with van der Waals surface area (Å²) in [6.07, 6.45) is 1.77. The minimum Gasteiger partial charge on any atom is -0.314 e. The van der Waals surface area contributed by atoms with Crippen LogP contribution in [0.4, 0.5) is 0 Å². The van der Waals surface area contributed by atoms with Gasteiger partial charge in [-0.15, -0.1) is 0 Å². The lowest BCUT2D eigenvalue weighted by Gasteiger charge is -2.20. The zero-order valence-electron chi connectivity index (χ0n) is 10.6. The zero-order valence-corrected chi connectivity index (χ0v) is 11.4. The molecule has 15 heavy (non-hydrogen) atoms. The molecule has 0 aromatic rings. The van der Waals surface area contributed by atoms with Crippen molar-refractivity contribution in [2.24, 2.45) is 0 Å². The Morgan fingerprint density at radius 3 is 2.07 bits per heavy atom. The van der Waals surface area contributed by atoms with Gasteiger partial charge in [-0.25, -0.2) is 8.42 Å². The first-order valence-corrected chi connectivity index (χ1v) is 7.39. The summed E-state index contributed by atoms with van der Waals surface area (Å²) in [5.74, 6) is 0. The third-order valence-electron chi connectivity index (χ3n) is 2.65. The van der Waals surface area contributed by atoms with Crippen LogP contribution in [0.3, 0.4) is 0 Å². The highest BCUT2D eigenvalue weighted by atomic mass is 32.2. The van der Waals surface area contributed by atoms with E-state index >= 15 is 0 Å². The smallest absolute Gasteiger partial charge is 0.155 e. The van der Waals surface area contributed by atoms with Crippen molar-refractivity contribution < 1.29 is 8.42 Å². The van der Waals surface area contributed by atoms with E-state index in [9.17, 15) is 8.42 Å². The Kier molecular flexibility index (Phi) is 6.44. The van der Waals surface area contributed by atoms with Gasteiger partial charge in [-0.2, -0.15) is 0 Å². The molecule has 0 aliphatic rings. The molecule has 0 aliphatic heterocycles. The van der Waals surface area contributed by atoms with E-state index in [4.69, 9.17) is 0 Å². The molecule has 0 heterocycles. The van der Waals surface area contributed by atoms with Crippen molar-refractivity contribution in [3.63, 3.8) is 0 Å². The van der Waals surface area contributed by atoms with Gasteiger partial charge in [-0.3, -0.25) is 0 Å². The van der Waals surface area contributed by atoms with Gasteiger partial charge in [0.05, 0.1) is 10.5 Å². The van der Waals surface area contributed by atoms with Crippen LogP contribution < -0.4 is 5.32 Å². The Morgan fingerprint density at radius 2 is 1.67 bits per heavy atom. The Balaban J connectivity index is 4.19. The Hall–Kier alpha value is -0.0900. The monoisotopic (exact) mass is 235 g/mol. The molecule has 92 valence electrons. The summed E-state index contributed by atoms with van der Waals surface area (Å²) in [6.45, 7) is 10.4. The maximum absolute atomic E-state index is 11.8. The molecule has 0 rings (SSSR count). The van der Waals surface area contributed by atoms with E-state index in [0.29, 0.717) is 6.42 Å². The molecule has 2 atom stereocenters. The van der Waals surface area contributed by atoms with Crippen molar-refractivity contribution >= 4 is 9.84 Å². The molecule has 0 spiro atoms. The zero-order chi connectivity index (χ0) is 12.1. The molecule has 0 radical (unpaired) electrons. The van der Waals surface area contributed by atoms with Crippen LogP contribution in [0.15, 0.2) is 0 Å². The largest absolute Gasteiger partial charge is 0.314 e. The SMILES string of the molecule is CCCNC(C)CC(C)S(=O)(=O)C(C)C. The number of hydrogen-bond donors (Lipinski definition) is 1. The van der Waals surface area contributed by atoms with E-state index in [2.05, 4.69) is 12.2 Å². The first-order valence-electron chi connectivity index (χ1n) is 5.78. The highest BCUT2D eigenvalue weighted by Gasteiger charge is 2.25. The molecule has 0 amide bonds. The van der Waals surface area contributed by atoms with Crippen LogP contribution in [0.25, 0.3) is 0 Å². The maximum atomic E-state index is 11.8. The van der Waals surface area contributed by atoms with Gasteiger partial charge in [0.15, 0.2) is 9.84 Å². The lowest BCUT2D eigenvalue weighted by atomic mass is 10.2. The van der Waals surface area contributed by atoms with Gasteiger partial charge in [0.25, 0.3) is 0 Å². The average molecular weight is 235 g/mol. The van der Waals surface area contributed by atoms with E-state index in [-0.39, 0.29) is 16.5 Å². The summed E-state index contributed by atoms with van der Waals surface area (Å²) in [7, 11) is -2.94. The van der Waals surface area contributed by atoms with Gasteiger partial charge in [-0.1, -0.05) is 6.92 Å². The second kappa shape index (κ2) is 6.48. The number of rotatable bonds is 7. The van der Waals surface area contributed by atoms with E-state index in [1.54, 1.807) is 20.8 Å². The fourth-order valence-electron chi connectivity index (χ4n) is 1.57. The van der Waals surface area contributed by atoms with Gasteiger partial charge in [0.1, 0.15) is 0 Å². The Labute approximate surface area is 94.6 Å². The first kappa shape index (κ1) is 14.9. The number of hydrogen-bond acceptors (Lipinski definition) is 3. The quantitative estimate of drug-likeness (QED) is 0.734. The molecular weight excluding hydrogens is 210 g/mol. The van der Waals surface area contributed by atoms with Gasteiger partial charge in [0, 0.05) is 6.04 Å². The van der Waals surface area contributed by atoms with Crippen LogP contribution >= 0.6 is 0 Å². The highest BCUT2D eigenvalue weighted by Crippen LogP contribution is 2.13. The molecule has 0 saturated carbocycles. The van der Waals surface area contributed by atoms with E-state index in [1.807, 2.05) is 6.92 Å². The molecule has 2 unspecified atom stereocenters. The topological polar surface area (TPSA) is 46.2 Å². The van der Waals surface area contributed by atoms with Gasteiger partial charge in [0.2, 0.25) is 0 Å². The predicted molar refractivity (Wildman–Crippen MR) is 65.9 cm³/mol. The summed E-state index contributed by atoms with van der Waals surface area (Å²) in [5, 5.41) is 2.78. The van der Waals surface area contributed by atoms with Crippen molar-refractivity contribution in [2.75, 3.05) is 6.54 Å². The van der Waals surface area contributed by atoms with Crippen LogP contribution in [-0.4, -0.2) is 31.5 Å². The molecule has 0 bridgehead atoms. The molecule has 0 aliphatic carbocycles. The molecule has 0 aromatic heterocycles. The highest BCUT2D eigenvalue weighted by molar-refractivity contribution is 7.92. The third kappa shape index (κ3) is 4.98. The lowest BCUT2D eigenvalue weighted by molar-refractivity contribution is 0.495. The van der Waals surface area contributed by atoms with Gasteiger partial charge >= 0.3 is 0 Å². The average Bonchev–Trinajstić information content (AvgIpc) is 2.14. The fourth-order valence-corrected chi connectivity index (χ4v) is 3.06.